The molecule has 2 aliphatic rings. The van der Waals surface area contributed by atoms with Crippen molar-refractivity contribution in [1.82, 2.24) is 9.80 Å². The van der Waals surface area contributed by atoms with E-state index in [1.807, 2.05) is 0 Å². The molecule has 0 bridgehead atoms. The average molecular weight is 376 g/mol. The number of Topliss-reactive ketones (excluding diaryl/α,β-unsaturated/α-hetero) is 1. The number of likely N-dealkylation sites (tertiary alicyclic amines) is 1. The van der Waals surface area contributed by atoms with Crippen molar-refractivity contribution in [2.24, 2.45) is 5.92 Å². The smallest absolute Gasteiger partial charge is 0.306 e. The lowest BCUT2D eigenvalue weighted by atomic mass is 9.94. The summed E-state index contributed by atoms with van der Waals surface area (Å²) in [6, 6.07) is 0. The van der Waals surface area contributed by atoms with Crippen molar-refractivity contribution in [3.8, 4) is 0 Å². The van der Waals surface area contributed by atoms with E-state index >= 15 is 0 Å². The topological polar surface area (TPSA) is 108 Å². The first-order valence-electron chi connectivity index (χ1n) is 9.21. The van der Waals surface area contributed by atoms with Crippen molar-refractivity contribution in [3.63, 3.8) is 0 Å². The number of likely N-dealkylation sites (N-methyl/N-ethyl adjacent to an activating group) is 1. The molecule has 1 N–H and O–H groups in total. The van der Waals surface area contributed by atoms with E-state index in [0.29, 0.717) is 62.1 Å². The second kappa shape index (κ2) is 7.54. The molecule has 1 aromatic heterocycles. The standard InChI is InChI=1S/C19H24N2O6/c1-11-16-13(22)4-3-5-14(16)27-17(11)18(24)20(2)10-15(23)21-8-6-12(7-9-21)19(25)26/h12H,3-10H2,1-2H3,(H,25,26). The monoisotopic (exact) mass is 376 g/mol. The van der Waals surface area contributed by atoms with Crippen LogP contribution in [0.3, 0.4) is 0 Å². The zero-order valence-electron chi connectivity index (χ0n) is 15.6. The van der Waals surface area contributed by atoms with Crippen LogP contribution < -0.4 is 0 Å². The summed E-state index contributed by atoms with van der Waals surface area (Å²) in [5.41, 5.74) is 1.06. The lowest BCUT2D eigenvalue weighted by Crippen LogP contribution is -2.45. The van der Waals surface area contributed by atoms with E-state index in [0.717, 1.165) is 0 Å². The Bertz CT molecular complexity index is 788. The van der Waals surface area contributed by atoms with Gasteiger partial charge in [0.2, 0.25) is 5.91 Å². The third-order valence-corrected chi connectivity index (χ3v) is 5.42. The minimum atomic E-state index is -0.832. The molecule has 1 saturated heterocycles. The van der Waals surface area contributed by atoms with Crippen LogP contribution in [0.4, 0.5) is 0 Å². The minimum Gasteiger partial charge on any atom is -0.481 e. The predicted octanol–water partition coefficient (Wildman–Crippen LogP) is 1.50. The number of amides is 2. The van der Waals surface area contributed by atoms with Crippen LogP contribution in [0.25, 0.3) is 0 Å². The Labute approximate surface area is 157 Å². The van der Waals surface area contributed by atoms with E-state index in [1.54, 1.807) is 11.8 Å². The number of hydrogen-bond donors (Lipinski definition) is 1. The Morgan fingerprint density at radius 2 is 1.89 bits per heavy atom. The van der Waals surface area contributed by atoms with Crippen molar-refractivity contribution >= 4 is 23.6 Å². The molecule has 1 aliphatic carbocycles. The lowest BCUT2D eigenvalue weighted by molar-refractivity contribution is -0.145. The van der Waals surface area contributed by atoms with Gasteiger partial charge < -0.3 is 19.3 Å². The zero-order valence-corrected chi connectivity index (χ0v) is 15.6. The number of ketones is 1. The molecule has 0 radical (unpaired) electrons. The molecule has 3 rings (SSSR count). The van der Waals surface area contributed by atoms with Crippen molar-refractivity contribution in [1.29, 1.82) is 0 Å². The number of carboxylic acids is 1. The van der Waals surface area contributed by atoms with Crippen LogP contribution in [-0.2, 0) is 16.0 Å². The second-order valence-corrected chi connectivity index (χ2v) is 7.29. The van der Waals surface area contributed by atoms with Crippen LogP contribution in [0.15, 0.2) is 4.42 Å². The van der Waals surface area contributed by atoms with Gasteiger partial charge in [0.15, 0.2) is 11.5 Å². The highest BCUT2D eigenvalue weighted by molar-refractivity contribution is 6.03. The van der Waals surface area contributed by atoms with Gasteiger partial charge in [0.25, 0.3) is 5.91 Å². The van der Waals surface area contributed by atoms with Crippen LogP contribution in [0.2, 0.25) is 0 Å². The zero-order chi connectivity index (χ0) is 19.7. The molecule has 1 aliphatic heterocycles. The molecule has 0 saturated carbocycles. The fourth-order valence-corrected chi connectivity index (χ4v) is 3.78. The first-order valence-corrected chi connectivity index (χ1v) is 9.21. The molecule has 27 heavy (non-hydrogen) atoms. The van der Waals surface area contributed by atoms with E-state index in [4.69, 9.17) is 9.52 Å². The number of aryl methyl sites for hydroxylation is 1. The Morgan fingerprint density at radius 3 is 2.48 bits per heavy atom. The molecule has 0 atom stereocenters. The number of piperidine rings is 1. The number of aliphatic carboxylic acids is 1. The maximum absolute atomic E-state index is 12.7. The first kappa shape index (κ1) is 19.1. The van der Waals surface area contributed by atoms with E-state index in [1.165, 1.54) is 11.9 Å². The number of nitrogens with zero attached hydrogens (tertiary/aromatic N) is 2. The second-order valence-electron chi connectivity index (χ2n) is 7.29. The molecular formula is C19H24N2O6. The third kappa shape index (κ3) is 3.74. The molecule has 146 valence electrons. The number of rotatable bonds is 4. The summed E-state index contributed by atoms with van der Waals surface area (Å²) in [6.07, 6.45) is 2.65. The molecule has 1 fully saturated rings. The highest BCUT2D eigenvalue weighted by Crippen LogP contribution is 2.30. The Balaban J connectivity index is 1.64. The van der Waals surface area contributed by atoms with Crippen LogP contribution in [0.1, 0.15) is 57.9 Å². The normalized spacial score (nSPS) is 17.6. The Morgan fingerprint density at radius 1 is 1.22 bits per heavy atom. The van der Waals surface area contributed by atoms with Gasteiger partial charge in [-0.2, -0.15) is 0 Å². The van der Waals surface area contributed by atoms with Gasteiger partial charge in [0.1, 0.15) is 5.76 Å². The van der Waals surface area contributed by atoms with Crippen LogP contribution in [0, 0.1) is 12.8 Å². The SMILES string of the molecule is Cc1c(C(=O)N(C)CC(=O)N2CCC(C(=O)O)CC2)oc2c1C(=O)CCC2. The van der Waals surface area contributed by atoms with Gasteiger partial charge in [-0.3, -0.25) is 19.2 Å². The summed E-state index contributed by atoms with van der Waals surface area (Å²) in [7, 11) is 1.52. The van der Waals surface area contributed by atoms with Crippen molar-refractivity contribution < 1.29 is 28.7 Å². The van der Waals surface area contributed by atoms with Gasteiger partial charge in [0.05, 0.1) is 18.0 Å². The minimum absolute atomic E-state index is 0.00317. The molecule has 0 unspecified atom stereocenters. The molecule has 1 aromatic rings. The fourth-order valence-electron chi connectivity index (χ4n) is 3.78. The summed E-state index contributed by atoms with van der Waals surface area (Å²) >= 11 is 0. The number of carbonyl (C=O) groups is 4. The van der Waals surface area contributed by atoms with E-state index in [-0.39, 0.29) is 24.0 Å². The number of carbonyl (C=O) groups excluding carboxylic acids is 3. The van der Waals surface area contributed by atoms with Crippen molar-refractivity contribution in [2.75, 3.05) is 26.7 Å². The molecule has 8 heteroatoms. The van der Waals surface area contributed by atoms with Gasteiger partial charge in [0, 0.05) is 38.5 Å². The van der Waals surface area contributed by atoms with Crippen molar-refractivity contribution in [3.05, 3.63) is 22.6 Å². The first-order chi connectivity index (χ1) is 12.8. The van der Waals surface area contributed by atoms with Gasteiger partial charge in [-0.1, -0.05) is 0 Å². The lowest BCUT2D eigenvalue weighted by Gasteiger charge is -2.31. The number of furan rings is 1. The molecule has 8 nitrogen and oxygen atoms in total. The van der Waals surface area contributed by atoms with Crippen LogP contribution in [-0.4, -0.2) is 65.2 Å². The summed E-state index contributed by atoms with van der Waals surface area (Å²) in [5.74, 6) is -1.22. The molecular weight excluding hydrogens is 352 g/mol. The molecule has 0 spiro atoms. The van der Waals surface area contributed by atoms with Crippen molar-refractivity contribution in [2.45, 2.75) is 39.0 Å². The number of carboxylic acid groups (broad SMARTS) is 1. The molecule has 0 aromatic carbocycles. The fraction of sp³-hybridized carbons (Fsp3) is 0.579. The third-order valence-electron chi connectivity index (χ3n) is 5.42. The summed E-state index contributed by atoms with van der Waals surface area (Å²) < 4.78 is 5.66. The Kier molecular flexibility index (Phi) is 5.34. The number of hydrogen-bond acceptors (Lipinski definition) is 5. The molecule has 2 heterocycles. The van der Waals surface area contributed by atoms with Crippen LogP contribution in [0.5, 0.6) is 0 Å². The van der Waals surface area contributed by atoms with Gasteiger partial charge in [-0.15, -0.1) is 0 Å². The van der Waals surface area contributed by atoms with Crippen LogP contribution >= 0.6 is 0 Å². The van der Waals surface area contributed by atoms with E-state index in [9.17, 15) is 19.2 Å². The number of fused-ring (bicyclic) bond motifs is 1. The summed E-state index contributed by atoms with van der Waals surface area (Å²) in [6.45, 7) is 2.33. The van der Waals surface area contributed by atoms with E-state index < -0.39 is 17.8 Å². The predicted molar refractivity (Wildman–Crippen MR) is 94.6 cm³/mol. The summed E-state index contributed by atoms with van der Waals surface area (Å²) in [4.78, 5) is 51.1. The highest BCUT2D eigenvalue weighted by atomic mass is 16.4. The van der Waals surface area contributed by atoms with Gasteiger partial charge >= 0.3 is 5.97 Å². The van der Waals surface area contributed by atoms with E-state index in [2.05, 4.69) is 0 Å². The average Bonchev–Trinajstić information content (AvgIpc) is 2.99. The molecule has 2 amide bonds. The largest absolute Gasteiger partial charge is 0.481 e. The Hall–Kier alpha value is -2.64. The summed E-state index contributed by atoms with van der Waals surface area (Å²) in [5, 5.41) is 9.03. The maximum Gasteiger partial charge on any atom is 0.306 e. The maximum atomic E-state index is 12.7. The highest BCUT2D eigenvalue weighted by Gasteiger charge is 2.32. The quantitative estimate of drug-likeness (QED) is 0.853. The van der Waals surface area contributed by atoms with Gasteiger partial charge in [-0.05, 0) is 26.2 Å². The van der Waals surface area contributed by atoms with Gasteiger partial charge in [-0.25, -0.2) is 0 Å².